The summed E-state index contributed by atoms with van der Waals surface area (Å²) in [4.78, 5) is 25.2. The maximum absolute atomic E-state index is 12.4. The average molecular weight is 325 g/mol. The summed E-state index contributed by atoms with van der Waals surface area (Å²) in [6.45, 7) is 1.20. The van der Waals surface area contributed by atoms with Gasteiger partial charge in [0.1, 0.15) is 5.71 Å². The Bertz CT molecular complexity index is 527. The number of hydrazone groups is 1. The average Bonchev–Trinajstić information content (AvgIpc) is 2.56. The molecule has 2 amide bonds. The van der Waals surface area contributed by atoms with Crippen molar-refractivity contribution in [2.75, 3.05) is 26.3 Å². The van der Waals surface area contributed by atoms with Crippen molar-refractivity contribution in [1.82, 2.24) is 10.3 Å². The Balaban J connectivity index is 1.60. The molecule has 0 saturated carbocycles. The van der Waals surface area contributed by atoms with Gasteiger partial charge in [0.25, 0.3) is 5.91 Å². The minimum atomic E-state index is -1.08. The Kier molecular flexibility index (Phi) is 4.39. The van der Waals surface area contributed by atoms with Gasteiger partial charge in [0.15, 0.2) is 0 Å². The third kappa shape index (κ3) is 3.39. The molecule has 3 aliphatic heterocycles. The van der Waals surface area contributed by atoms with Gasteiger partial charge in [0.2, 0.25) is 5.91 Å². The second kappa shape index (κ2) is 6.18. The number of rotatable bonds is 2. The molecular weight excluding hydrogens is 302 g/mol. The van der Waals surface area contributed by atoms with Crippen molar-refractivity contribution in [2.45, 2.75) is 49.7 Å². The number of nitrogens with zero attached hydrogens (tertiary/aromatic N) is 2. The first-order valence-corrected chi connectivity index (χ1v) is 8.07. The molecule has 0 bridgehead atoms. The van der Waals surface area contributed by atoms with Crippen molar-refractivity contribution in [3.63, 3.8) is 0 Å². The predicted octanol–water partition coefficient (Wildman–Crippen LogP) is -0.853. The Morgan fingerprint density at radius 1 is 1.30 bits per heavy atom. The first kappa shape index (κ1) is 16.4. The first-order valence-electron chi connectivity index (χ1n) is 8.07. The Morgan fingerprint density at radius 2 is 2.04 bits per heavy atom. The molecule has 3 N–H and O–H groups in total. The van der Waals surface area contributed by atoms with Crippen LogP contribution >= 0.6 is 0 Å². The van der Waals surface area contributed by atoms with Crippen LogP contribution in [0, 0.1) is 0 Å². The van der Waals surface area contributed by atoms with Gasteiger partial charge in [0, 0.05) is 38.8 Å². The molecule has 0 aliphatic carbocycles. The normalized spacial score (nSPS) is 30.8. The molecule has 8 heteroatoms. The molecule has 23 heavy (non-hydrogen) atoms. The van der Waals surface area contributed by atoms with Crippen molar-refractivity contribution < 1.29 is 24.5 Å². The lowest BCUT2D eigenvalue weighted by Crippen LogP contribution is -2.57. The second-order valence-corrected chi connectivity index (χ2v) is 6.73. The number of hydrogen-bond acceptors (Lipinski definition) is 6. The van der Waals surface area contributed by atoms with Crippen LogP contribution in [0.2, 0.25) is 0 Å². The fourth-order valence-electron chi connectivity index (χ4n) is 3.58. The monoisotopic (exact) mass is 325 g/mol. The van der Waals surface area contributed by atoms with Crippen molar-refractivity contribution in [2.24, 2.45) is 5.10 Å². The number of ether oxygens (including phenoxy) is 1. The summed E-state index contributed by atoms with van der Waals surface area (Å²) in [5.74, 6) is -0.314. The highest BCUT2D eigenvalue weighted by atomic mass is 16.5. The van der Waals surface area contributed by atoms with Gasteiger partial charge in [0.05, 0.1) is 24.4 Å². The van der Waals surface area contributed by atoms with E-state index in [1.165, 1.54) is 0 Å². The summed E-state index contributed by atoms with van der Waals surface area (Å²) < 4.78 is 5.89. The molecule has 3 heterocycles. The van der Waals surface area contributed by atoms with Crippen LogP contribution in [0.4, 0.5) is 0 Å². The fourth-order valence-corrected chi connectivity index (χ4v) is 3.58. The molecule has 1 unspecified atom stereocenters. The summed E-state index contributed by atoms with van der Waals surface area (Å²) in [6, 6.07) is 0. The molecule has 1 spiro atoms. The quantitative estimate of drug-likeness (QED) is 0.612. The zero-order chi connectivity index (χ0) is 16.5. The van der Waals surface area contributed by atoms with Crippen LogP contribution in [-0.2, 0) is 14.3 Å². The third-order valence-electron chi connectivity index (χ3n) is 5.03. The van der Waals surface area contributed by atoms with Crippen LogP contribution in [0.5, 0.6) is 0 Å². The molecule has 0 aromatic heterocycles. The van der Waals surface area contributed by atoms with Gasteiger partial charge in [-0.15, -0.1) is 0 Å². The molecule has 2 saturated heterocycles. The molecule has 0 aromatic rings. The molecule has 0 radical (unpaired) electrons. The Hall–Kier alpha value is -1.51. The van der Waals surface area contributed by atoms with Gasteiger partial charge in [-0.05, 0) is 12.8 Å². The van der Waals surface area contributed by atoms with Crippen LogP contribution in [-0.4, -0.2) is 70.1 Å². The van der Waals surface area contributed by atoms with Crippen LogP contribution in [0.25, 0.3) is 0 Å². The van der Waals surface area contributed by atoms with Crippen LogP contribution in [0.1, 0.15) is 38.5 Å². The van der Waals surface area contributed by atoms with Crippen molar-refractivity contribution in [1.29, 1.82) is 0 Å². The zero-order valence-electron chi connectivity index (χ0n) is 13.1. The molecule has 2 fully saturated rings. The fraction of sp³-hybridized carbons (Fsp3) is 0.800. The molecular formula is C15H23N3O5. The molecule has 3 aliphatic rings. The summed E-state index contributed by atoms with van der Waals surface area (Å²) in [5, 5.41) is 23.6. The lowest BCUT2D eigenvalue weighted by molar-refractivity contribution is -0.189. The predicted molar refractivity (Wildman–Crippen MR) is 80.6 cm³/mol. The van der Waals surface area contributed by atoms with Gasteiger partial charge in [-0.2, -0.15) is 5.10 Å². The number of nitrogens with one attached hydrogen (secondary N) is 1. The smallest absolute Gasteiger partial charge is 0.270 e. The topological polar surface area (TPSA) is 111 Å². The lowest BCUT2D eigenvalue weighted by atomic mass is 9.77. The Labute approximate surface area is 134 Å². The van der Waals surface area contributed by atoms with Crippen molar-refractivity contribution in [3.05, 3.63) is 0 Å². The number of piperidine rings is 1. The van der Waals surface area contributed by atoms with Gasteiger partial charge in [-0.1, -0.05) is 0 Å². The summed E-state index contributed by atoms with van der Waals surface area (Å²) in [6.07, 6.45) is 2.74. The van der Waals surface area contributed by atoms with E-state index < -0.39 is 11.2 Å². The highest BCUT2D eigenvalue weighted by Crippen LogP contribution is 2.39. The van der Waals surface area contributed by atoms with E-state index in [2.05, 4.69) is 10.5 Å². The number of aliphatic hydroxyl groups excluding tert-OH is 1. The van der Waals surface area contributed by atoms with E-state index in [0.29, 0.717) is 57.5 Å². The van der Waals surface area contributed by atoms with Crippen LogP contribution in [0.15, 0.2) is 5.10 Å². The Morgan fingerprint density at radius 3 is 2.65 bits per heavy atom. The first-order chi connectivity index (χ1) is 11.0. The van der Waals surface area contributed by atoms with E-state index in [-0.39, 0.29) is 24.8 Å². The minimum Gasteiger partial charge on any atom is -0.393 e. The van der Waals surface area contributed by atoms with Gasteiger partial charge >= 0.3 is 0 Å². The SMILES string of the molecule is O=C1CCC(C(=O)N2CCC3(CC2)CC(O)(CO)CCO3)=NN1. The van der Waals surface area contributed by atoms with Gasteiger partial charge in [-0.3, -0.25) is 9.59 Å². The highest BCUT2D eigenvalue weighted by Gasteiger charge is 2.47. The number of hydrogen-bond donors (Lipinski definition) is 3. The van der Waals surface area contributed by atoms with Crippen molar-refractivity contribution >= 4 is 17.5 Å². The van der Waals surface area contributed by atoms with E-state index in [4.69, 9.17) is 4.74 Å². The number of carbonyl (C=O) groups excluding carboxylic acids is 2. The molecule has 3 rings (SSSR count). The van der Waals surface area contributed by atoms with E-state index >= 15 is 0 Å². The number of likely N-dealkylation sites (tertiary alicyclic amines) is 1. The molecule has 1 atom stereocenters. The maximum Gasteiger partial charge on any atom is 0.270 e. The summed E-state index contributed by atoms with van der Waals surface area (Å²) >= 11 is 0. The van der Waals surface area contributed by atoms with E-state index in [0.717, 1.165) is 0 Å². The van der Waals surface area contributed by atoms with Gasteiger partial charge in [-0.25, -0.2) is 5.43 Å². The van der Waals surface area contributed by atoms with Crippen LogP contribution in [0.3, 0.4) is 0 Å². The van der Waals surface area contributed by atoms with Crippen LogP contribution < -0.4 is 5.43 Å². The number of carbonyl (C=O) groups is 2. The molecule has 8 nitrogen and oxygen atoms in total. The lowest BCUT2D eigenvalue weighted by Gasteiger charge is -2.48. The zero-order valence-corrected chi connectivity index (χ0v) is 13.1. The standard InChI is InChI=1S/C15H23N3O5/c19-10-14(22)5-8-23-15(9-14)3-6-18(7-4-15)13(21)11-1-2-12(20)17-16-11/h19,22H,1-10H2,(H,17,20). The maximum atomic E-state index is 12.4. The van der Waals surface area contributed by atoms with E-state index in [1.54, 1.807) is 4.90 Å². The molecule has 128 valence electrons. The second-order valence-electron chi connectivity index (χ2n) is 6.73. The van der Waals surface area contributed by atoms with Crippen molar-refractivity contribution in [3.8, 4) is 0 Å². The van der Waals surface area contributed by atoms with E-state index in [1.807, 2.05) is 0 Å². The number of aliphatic hydroxyl groups is 2. The van der Waals surface area contributed by atoms with E-state index in [9.17, 15) is 19.8 Å². The third-order valence-corrected chi connectivity index (χ3v) is 5.03. The summed E-state index contributed by atoms with van der Waals surface area (Å²) in [7, 11) is 0. The number of amides is 2. The largest absolute Gasteiger partial charge is 0.393 e. The molecule has 0 aromatic carbocycles. The summed E-state index contributed by atoms with van der Waals surface area (Å²) in [5.41, 5.74) is 1.19. The minimum absolute atomic E-state index is 0.145. The van der Waals surface area contributed by atoms with Gasteiger partial charge < -0.3 is 19.8 Å². The highest BCUT2D eigenvalue weighted by molar-refractivity contribution is 6.39.